The second kappa shape index (κ2) is 20.0. The minimum absolute atomic E-state index is 0.540. The van der Waals surface area contributed by atoms with Crippen molar-refractivity contribution >= 4 is 0 Å². The van der Waals surface area contributed by atoms with Gasteiger partial charge in [0.25, 0.3) is 0 Å². The quantitative estimate of drug-likeness (QED) is 0.204. The average Bonchev–Trinajstić information content (AvgIpc) is 2.53. The summed E-state index contributed by atoms with van der Waals surface area (Å²) in [4.78, 5) is 0. The molecule has 0 saturated heterocycles. The van der Waals surface area contributed by atoms with Crippen LogP contribution in [0.25, 0.3) is 0 Å². The van der Waals surface area contributed by atoms with Gasteiger partial charge >= 0.3 is 0 Å². The number of aliphatic hydroxyl groups is 2. The van der Waals surface area contributed by atoms with Crippen molar-refractivity contribution < 1.29 is 10.2 Å². The molecular formula is C21H44O2. The van der Waals surface area contributed by atoms with Gasteiger partial charge in [-0.1, -0.05) is 116 Å². The van der Waals surface area contributed by atoms with Crippen LogP contribution in [-0.2, 0) is 0 Å². The summed E-state index contributed by atoms with van der Waals surface area (Å²) in [6.07, 6.45) is 24.1. The summed E-state index contributed by atoms with van der Waals surface area (Å²) >= 11 is 0. The summed E-state index contributed by atoms with van der Waals surface area (Å²) < 4.78 is 0. The molecule has 0 saturated carbocycles. The summed E-state index contributed by atoms with van der Waals surface area (Å²) in [7, 11) is 0. The third kappa shape index (κ3) is 21.9. The molecule has 0 unspecified atom stereocenters. The number of aliphatic hydroxyl groups excluding tert-OH is 1. The Hall–Kier alpha value is -0.0800. The Morgan fingerprint density at radius 1 is 0.435 bits per heavy atom. The van der Waals surface area contributed by atoms with Crippen molar-refractivity contribution in [2.45, 2.75) is 135 Å². The molecule has 0 fully saturated rings. The predicted molar refractivity (Wildman–Crippen MR) is 102 cm³/mol. The summed E-state index contributed by atoms with van der Waals surface area (Å²) in [5, 5.41) is 17.5. The van der Waals surface area contributed by atoms with E-state index in [4.69, 9.17) is 10.2 Å². The van der Waals surface area contributed by atoms with Crippen molar-refractivity contribution in [3.05, 3.63) is 0 Å². The summed E-state index contributed by atoms with van der Waals surface area (Å²) in [6.45, 7) is 2.28. The molecule has 0 heterocycles. The highest BCUT2D eigenvalue weighted by Crippen LogP contribution is 2.14. The van der Waals surface area contributed by atoms with Gasteiger partial charge in [-0.3, -0.25) is 0 Å². The van der Waals surface area contributed by atoms with Crippen molar-refractivity contribution in [1.82, 2.24) is 0 Å². The Balaban J connectivity index is 2.95. The van der Waals surface area contributed by atoms with Gasteiger partial charge in [0.2, 0.25) is 0 Å². The van der Waals surface area contributed by atoms with Gasteiger partial charge in [-0.25, -0.2) is 0 Å². The van der Waals surface area contributed by atoms with Gasteiger partial charge in [0.1, 0.15) is 0 Å². The van der Waals surface area contributed by atoms with E-state index in [1.54, 1.807) is 0 Å². The van der Waals surface area contributed by atoms with Crippen molar-refractivity contribution in [3.63, 3.8) is 0 Å². The Morgan fingerprint density at radius 3 is 0.957 bits per heavy atom. The molecule has 2 nitrogen and oxygen atoms in total. The molecule has 2 heteroatoms. The first-order valence-corrected chi connectivity index (χ1v) is 10.6. The lowest BCUT2D eigenvalue weighted by Crippen LogP contribution is -2.02. The maximum Gasteiger partial charge on any atom is 0.151 e. The molecule has 2 N–H and O–H groups in total. The number of hydrogen-bond donors (Lipinski definition) is 2. The minimum Gasteiger partial charge on any atom is -0.368 e. The molecule has 0 bridgehead atoms. The molecule has 0 aliphatic carbocycles. The molecule has 0 aliphatic heterocycles. The fourth-order valence-corrected chi connectivity index (χ4v) is 3.23. The summed E-state index contributed by atoms with van der Waals surface area (Å²) in [5.74, 6) is 0. The molecule has 0 spiro atoms. The van der Waals surface area contributed by atoms with Gasteiger partial charge in [0.05, 0.1) is 0 Å². The van der Waals surface area contributed by atoms with Crippen molar-refractivity contribution in [1.29, 1.82) is 0 Å². The second-order valence-electron chi connectivity index (χ2n) is 7.28. The predicted octanol–water partition coefficient (Wildman–Crippen LogP) is 6.73. The maximum absolute atomic E-state index is 8.74. The first kappa shape index (κ1) is 22.9. The average molecular weight is 329 g/mol. The molecule has 23 heavy (non-hydrogen) atoms. The third-order valence-electron chi connectivity index (χ3n) is 4.82. The van der Waals surface area contributed by atoms with E-state index in [-0.39, 0.29) is 0 Å². The highest BCUT2D eigenvalue weighted by atomic mass is 16.5. The molecule has 0 rings (SSSR count). The number of rotatable bonds is 19. The van der Waals surface area contributed by atoms with Crippen LogP contribution in [0.2, 0.25) is 0 Å². The molecule has 0 aromatic heterocycles. The largest absolute Gasteiger partial charge is 0.368 e. The summed E-state index contributed by atoms with van der Waals surface area (Å²) in [5.41, 5.74) is 0. The van der Waals surface area contributed by atoms with Gasteiger partial charge < -0.3 is 10.2 Å². The molecule has 0 aliphatic rings. The van der Waals surface area contributed by atoms with Crippen molar-refractivity contribution in [2.75, 3.05) is 0 Å². The van der Waals surface area contributed by atoms with Crippen LogP contribution in [0.3, 0.4) is 0 Å². The van der Waals surface area contributed by atoms with E-state index in [2.05, 4.69) is 6.92 Å². The lowest BCUT2D eigenvalue weighted by Gasteiger charge is -2.04. The Labute approximate surface area is 146 Å². The Morgan fingerprint density at radius 2 is 0.696 bits per heavy atom. The van der Waals surface area contributed by atoms with Gasteiger partial charge in [0.15, 0.2) is 6.29 Å². The van der Waals surface area contributed by atoms with Gasteiger partial charge in [-0.05, 0) is 12.8 Å². The lowest BCUT2D eigenvalue weighted by atomic mass is 10.0. The highest BCUT2D eigenvalue weighted by molar-refractivity contribution is 4.50. The molecule has 0 atom stereocenters. The van der Waals surface area contributed by atoms with Crippen LogP contribution in [0.4, 0.5) is 0 Å². The van der Waals surface area contributed by atoms with Crippen LogP contribution in [0.5, 0.6) is 0 Å². The molecule has 0 aromatic carbocycles. The van der Waals surface area contributed by atoms with E-state index < -0.39 is 6.29 Å². The second-order valence-corrected chi connectivity index (χ2v) is 7.28. The van der Waals surface area contributed by atoms with Crippen LogP contribution in [0.15, 0.2) is 0 Å². The number of unbranched alkanes of at least 4 members (excludes halogenated alkanes) is 17. The fourth-order valence-electron chi connectivity index (χ4n) is 3.23. The molecule has 0 radical (unpaired) electrons. The Bertz CT molecular complexity index is 204. The zero-order chi connectivity index (χ0) is 17.0. The molecule has 140 valence electrons. The van der Waals surface area contributed by atoms with E-state index >= 15 is 0 Å². The molecule has 0 aromatic rings. The first-order valence-electron chi connectivity index (χ1n) is 10.6. The van der Waals surface area contributed by atoms with E-state index in [0.29, 0.717) is 6.42 Å². The van der Waals surface area contributed by atoms with Gasteiger partial charge in [0, 0.05) is 0 Å². The topological polar surface area (TPSA) is 40.5 Å². The monoisotopic (exact) mass is 328 g/mol. The van der Waals surface area contributed by atoms with E-state index in [9.17, 15) is 0 Å². The standard InChI is InChI=1S/C21H44O2/c1-2-3-4-5-6-7-8-9-10-11-12-13-14-15-16-17-18-19-20-21(22)23/h21-23H,2-20H2,1H3. The lowest BCUT2D eigenvalue weighted by molar-refractivity contribution is -0.0466. The molecule has 0 amide bonds. The van der Waals surface area contributed by atoms with E-state index in [1.807, 2.05) is 0 Å². The van der Waals surface area contributed by atoms with Crippen LogP contribution >= 0.6 is 0 Å². The van der Waals surface area contributed by atoms with Crippen molar-refractivity contribution in [3.8, 4) is 0 Å². The van der Waals surface area contributed by atoms with Crippen LogP contribution in [0, 0.1) is 0 Å². The van der Waals surface area contributed by atoms with E-state index in [0.717, 1.165) is 12.8 Å². The van der Waals surface area contributed by atoms with Crippen molar-refractivity contribution in [2.24, 2.45) is 0 Å². The highest BCUT2D eigenvalue weighted by Gasteiger charge is 1.97. The first-order chi connectivity index (χ1) is 11.3. The third-order valence-corrected chi connectivity index (χ3v) is 4.82. The minimum atomic E-state index is -1.10. The van der Waals surface area contributed by atoms with Crippen LogP contribution < -0.4 is 0 Å². The SMILES string of the molecule is CCCCCCCCCCCCCCCCCCCCC(O)O. The smallest absolute Gasteiger partial charge is 0.151 e. The zero-order valence-electron chi connectivity index (χ0n) is 15.9. The van der Waals surface area contributed by atoms with Gasteiger partial charge in [-0.2, -0.15) is 0 Å². The normalized spacial score (nSPS) is 11.5. The van der Waals surface area contributed by atoms with Gasteiger partial charge in [-0.15, -0.1) is 0 Å². The summed E-state index contributed by atoms with van der Waals surface area (Å²) in [6, 6.07) is 0. The van der Waals surface area contributed by atoms with Crippen LogP contribution in [-0.4, -0.2) is 16.5 Å². The molecular weight excluding hydrogens is 284 g/mol. The van der Waals surface area contributed by atoms with E-state index in [1.165, 1.54) is 103 Å². The number of hydrogen-bond acceptors (Lipinski definition) is 2. The maximum atomic E-state index is 8.74. The fraction of sp³-hybridized carbons (Fsp3) is 1.00. The zero-order valence-corrected chi connectivity index (χ0v) is 15.9. The Kier molecular flexibility index (Phi) is 19.9. The van der Waals surface area contributed by atoms with Crippen LogP contribution in [0.1, 0.15) is 129 Å².